The van der Waals surface area contributed by atoms with Crippen LogP contribution in [0.15, 0.2) is 144 Å². The maximum Gasteiger partial charge on any atom is 0.506 e. The summed E-state index contributed by atoms with van der Waals surface area (Å²) >= 11 is 8.32. The number of methoxy groups -OCH3 is 1. The van der Waals surface area contributed by atoms with E-state index in [1.807, 2.05) is 99.6 Å². The van der Waals surface area contributed by atoms with Crippen LogP contribution < -0.4 is 15.6 Å². The Hall–Kier alpha value is -9.62. The van der Waals surface area contributed by atoms with Crippen LogP contribution >= 0.6 is 28.1 Å². The molecule has 4 aromatic heterocycles. The number of nitrogens with zero attached hydrogens (tertiary/aromatic N) is 2. The molecular weight excluding hydrogens is 1220 g/mol. The maximum atomic E-state index is 12.3. The van der Waals surface area contributed by atoms with Gasteiger partial charge in [-0.1, -0.05) is 46.3 Å². The van der Waals surface area contributed by atoms with Crippen LogP contribution in [-0.2, 0) is 59.6 Å². The molecule has 1 fully saturated rings. The number of nitrogens with one attached hydrogen (secondary N) is 3. The average molecular weight is 1280 g/mol. The van der Waals surface area contributed by atoms with Crippen LogP contribution in [0, 0.1) is 0 Å². The van der Waals surface area contributed by atoms with E-state index >= 15 is 0 Å². The Morgan fingerprint density at radius 3 is 1.53 bits per heavy atom. The van der Waals surface area contributed by atoms with Gasteiger partial charge in [0.1, 0.15) is 37.6 Å². The van der Waals surface area contributed by atoms with Crippen LogP contribution in [0.1, 0.15) is 117 Å². The van der Waals surface area contributed by atoms with Crippen molar-refractivity contribution < 1.29 is 76.8 Å². The minimum atomic E-state index is -1.69. The fourth-order valence-corrected chi connectivity index (χ4v) is 9.92. The average Bonchev–Trinajstić information content (AvgIpc) is 2.90. The minimum absolute atomic E-state index is 0.000609. The lowest BCUT2D eigenvalue weighted by molar-refractivity contribution is -0.114. The standard InChI is InChI=1S/C17H12N2O3S.C17H17NO4.C13H11NO3.C9H14BNO4.C8H5BrO2/c20-15-7-16(23)19-14(15)6-11-2-4-13(18-11)9-1-3-12-10(5-9)8-22-17(12)21;1-17(2,3)22-16(20)18-8-4-5-14(18)11-6-7-13-12(9-11)10-21-15(13)19;1-16-12-5-4-11(14-12)8-2-3-10-9(6-8)7-17-13(10)15;1-9(2,3)15-8(12)11-6-4-5-7(11)10(13)14;9-6-1-2-7-5(3-6)4-11-8(7)10/h1-6,18H,7-8H2,(H,19,23);4-9H,10H2,1-3H3;2-6,14H,7H2,1H3;4-6,13-14H,1-3H3;1-3H,4H2/b14-6+;;;;. The van der Waals surface area contributed by atoms with Gasteiger partial charge in [0.15, 0.2) is 11.7 Å². The molecule has 0 unspecified atom stereocenters. The molecule has 0 radical (unpaired) electrons. The molecule has 0 aliphatic carbocycles. The second-order valence-corrected chi connectivity index (χ2v) is 23.5. The van der Waals surface area contributed by atoms with Crippen LogP contribution in [0.3, 0.4) is 0 Å². The summed E-state index contributed by atoms with van der Waals surface area (Å²) in [6.45, 7) is 12.1. The summed E-state index contributed by atoms with van der Waals surface area (Å²) in [7, 11) is -0.0716. The van der Waals surface area contributed by atoms with E-state index < -0.39 is 30.5 Å². The Bertz CT molecular complexity index is 4080. The lowest BCUT2D eigenvalue weighted by Crippen LogP contribution is -2.40. The van der Waals surface area contributed by atoms with Crippen LogP contribution in [-0.4, -0.2) is 101 Å². The van der Waals surface area contributed by atoms with E-state index in [2.05, 4.69) is 31.2 Å². The van der Waals surface area contributed by atoms with Gasteiger partial charge < -0.3 is 58.5 Å². The molecule has 0 spiro atoms. The van der Waals surface area contributed by atoms with Crippen molar-refractivity contribution in [3.8, 4) is 39.7 Å². The molecule has 0 amide bonds. The van der Waals surface area contributed by atoms with E-state index in [-0.39, 0.29) is 48.3 Å². The van der Waals surface area contributed by atoms with E-state index in [0.29, 0.717) is 58.6 Å². The molecule has 24 heteroatoms. The normalized spacial score (nSPS) is 14.5. The monoisotopic (exact) mass is 1280 g/mol. The largest absolute Gasteiger partial charge is 0.506 e. The van der Waals surface area contributed by atoms with Crippen molar-refractivity contribution in [1.29, 1.82) is 0 Å². The number of benzene rings is 4. The number of ether oxygens (including phenoxy) is 7. The zero-order chi connectivity index (χ0) is 63.2. The van der Waals surface area contributed by atoms with Crippen molar-refractivity contribution in [2.75, 3.05) is 7.11 Å². The van der Waals surface area contributed by atoms with Gasteiger partial charge in [-0.05, 0) is 161 Å². The zero-order valence-electron chi connectivity index (χ0n) is 48.7. The molecule has 8 aromatic rings. The topological polar surface area (TPSA) is 278 Å². The first-order valence-electron chi connectivity index (χ1n) is 27.3. The lowest BCUT2D eigenvalue weighted by Gasteiger charge is -2.20. The van der Waals surface area contributed by atoms with Crippen molar-refractivity contribution in [3.05, 3.63) is 194 Å². The Morgan fingerprint density at radius 1 is 0.591 bits per heavy atom. The number of thiocarbonyl (C=S) groups is 1. The molecular formula is C64H59BBrN5O16S. The van der Waals surface area contributed by atoms with Gasteiger partial charge >= 0.3 is 43.2 Å². The molecule has 452 valence electrons. The number of Topliss-reactive ketones (excluding diaryl/α,β-unsaturated/α-hetero) is 1. The number of carbonyl (C=O) groups excluding carboxylic acids is 7. The molecule has 5 aliphatic rings. The predicted octanol–water partition coefficient (Wildman–Crippen LogP) is 10.6. The summed E-state index contributed by atoms with van der Waals surface area (Å²) in [6.07, 6.45) is 4.05. The summed E-state index contributed by atoms with van der Waals surface area (Å²) in [5, 5.41) is 20.8. The molecule has 4 aromatic carbocycles. The Morgan fingerprint density at radius 2 is 1.05 bits per heavy atom. The number of allylic oxidation sites excluding steroid dienone is 1. The first-order chi connectivity index (χ1) is 41.8. The van der Waals surface area contributed by atoms with Gasteiger partial charge in [0.2, 0.25) is 0 Å². The Balaban J connectivity index is 0.000000134. The van der Waals surface area contributed by atoms with E-state index in [1.165, 1.54) is 16.8 Å². The van der Waals surface area contributed by atoms with E-state index in [1.54, 1.807) is 76.6 Å². The SMILES string of the molecule is CC(C)(C)OC(=O)n1cccc1-c1ccc2c(c1)COC2=O.CC(C)(C)OC(=O)n1cccc1B(O)O.COc1ccc(-c2ccc3c(c2)COC3=O)[nH]1.O=C1CC(=S)N/C1=C/c1ccc(-c2ccc3c(c2)COC3=O)[nH]1.O=C1OCc2cc(Br)ccc21. The fourth-order valence-electron chi connectivity index (χ4n) is 9.27. The fraction of sp³-hybridized carbons (Fsp3) is 0.219. The van der Waals surface area contributed by atoms with Gasteiger partial charge in [-0.15, -0.1) is 0 Å². The summed E-state index contributed by atoms with van der Waals surface area (Å²) in [5.74, 6) is -0.315. The highest BCUT2D eigenvalue weighted by Crippen LogP contribution is 2.31. The molecule has 88 heavy (non-hydrogen) atoms. The third kappa shape index (κ3) is 15.3. The Kier molecular flexibility index (Phi) is 19.0. The first-order valence-corrected chi connectivity index (χ1v) is 28.5. The number of rotatable bonds is 6. The van der Waals surface area contributed by atoms with Crippen molar-refractivity contribution >= 4 is 93.8 Å². The van der Waals surface area contributed by atoms with Crippen molar-refractivity contribution in [2.24, 2.45) is 0 Å². The smallest absolute Gasteiger partial charge is 0.482 e. The van der Waals surface area contributed by atoms with Gasteiger partial charge in [-0.2, -0.15) is 0 Å². The summed E-state index contributed by atoms with van der Waals surface area (Å²) in [6, 6.07) is 36.4. The van der Waals surface area contributed by atoms with Crippen molar-refractivity contribution in [1.82, 2.24) is 24.4 Å². The number of esters is 4. The van der Waals surface area contributed by atoms with Crippen molar-refractivity contribution in [2.45, 2.75) is 85.6 Å². The van der Waals surface area contributed by atoms with Gasteiger partial charge in [-0.25, -0.2) is 28.8 Å². The number of aromatic amines is 2. The molecule has 5 N–H and O–H groups in total. The van der Waals surface area contributed by atoms with Gasteiger partial charge in [0.25, 0.3) is 0 Å². The first kappa shape index (κ1) is 62.9. The number of ketones is 1. The number of cyclic esters (lactones) is 4. The number of halogens is 1. The van der Waals surface area contributed by atoms with E-state index in [9.17, 15) is 33.6 Å². The highest BCUT2D eigenvalue weighted by atomic mass is 79.9. The third-order valence-corrected chi connectivity index (χ3v) is 14.1. The Labute approximate surface area is 518 Å². The van der Waals surface area contributed by atoms with Crippen LogP contribution in [0.25, 0.3) is 39.8 Å². The van der Waals surface area contributed by atoms with Gasteiger partial charge in [0.05, 0.1) is 57.8 Å². The second-order valence-electron chi connectivity index (χ2n) is 22.1. The molecule has 0 saturated carbocycles. The summed E-state index contributed by atoms with van der Waals surface area (Å²) < 4.78 is 38.9. The molecule has 1 saturated heterocycles. The van der Waals surface area contributed by atoms with E-state index in [4.69, 9.17) is 55.4 Å². The van der Waals surface area contributed by atoms with Gasteiger partial charge in [-0.3, -0.25) is 13.9 Å². The molecule has 9 heterocycles. The lowest BCUT2D eigenvalue weighted by atomic mass is 9.86. The maximum absolute atomic E-state index is 12.3. The second kappa shape index (κ2) is 26.6. The molecule has 0 bridgehead atoms. The number of hydrogen-bond acceptors (Lipinski definition) is 17. The summed E-state index contributed by atoms with van der Waals surface area (Å²) in [5.41, 5.74) is 11.8. The highest BCUT2D eigenvalue weighted by molar-refractivity contribution is 9.10. The van der Waals surface area contributed by atoms with Crippen LogP contribution in [0.5, 0.6) is 5.88 Å². The van der Waals surface area contributed by atoms with E-state index in [0.717, 1.165) is 70.8 Å². The van der Waals surface area contributed by atoms with Crippen LogP contribution in [0.4, 0.5) is 9.59 Å². The number of aromatic nitrogens is 4. The van der Waals surface area contributed by atoms with Crippen LogP contribution in [0.2, 0.25) is 0 Å². The minimum Gasteiger partial charge on any atom is -0.482 e. The molecule has 0 atom stereocenters. The molecule has 13 rings (SSSR count). The molecule has 5 aliphatic heterocycles. The van der Waals surface area contributed by atoms with Crippen molar-refractivity contribution in [3.63, 3.8) is 0 Å². The quantitative estimate of drug-likeness (QED) is 0.0340. The summed E-state index contributed by atoms with van der Waals surface area (Å²) in [4.78, 5) is 87.7. The highest BCUT2D eigenvalue weighted by Gasteiger charge is 2.28. The zero-order valence-corrected chi connectivity index (χ0v) is 51.1. The van der Waals surface area contributed by atoms with Gasteiger partial charge in [0, 0.05) is 62.3 Å². The number of fused-ring (bicyclic) bond motifs is 4. The number of hydrogen-bond donors (Lipinski definition) is 5. The number of carbonyl (C=O) groups is 7. The molecule has 21 nitrogen and oxygen atoms in total. The third-order valence-electron chi connectivity index (χ3n) is 13.4. The predicted molar refractivity (Wildman–Crippen MR) is 330 cm³/mol. The number of H-pyrrole nitrogens is 2.